The largest absolute Gasteiger partial charge is 0.457 e. The van der Waals surface area contributed by atoms with Crippen molar-refractivity contribution in [3.05, 3.63) is 253 Å². The summed E-state index contributed by atoms with van der Waals surface area (Å²) in [5.41, 5.74) is 18.5. The second-order valence-electron chi connectivity index (χ2n) is 16.1. The Morgan fingerprint density at radius 3 is 1.37 bits per heavy atom. The lowest BCUT2D eigenvalue weighted by atomic mass is 9.66. The van der Waals surface area contributed by atoms with Gasteiger partial charge in [-0.05, 0) is 92.0 Å². The second-order valence-corrected chi connectivity index (χ2v) is 16.1. The number of benzene rings is 9. The Bertz CT molecular complexity index is 3290. The summed E-state index contributed by atoms with van der Waals surface area (Å²) in [6, 6.07) is 81.9. The molecule has 0 atom stereocenters. The molecule has 1 aliphatic carbocycles. The Kier molecular flexibility index (Phi) is 8.39. The molecule has 0 bridgehead atoms. The normalized spacial score (nSPS) is 12.8. The SMILES string of the molecule is c1ccc(-c2cccc(-c3cc(-c4ccccc4)nc(-c4cccc(-c5cccc(-c6ccc7c(c6)Oc6ccccc6C76c7ccccc7-c7ccccc76)c5)c4)n3)c2)cc1. The van der Waals surface area contributed by atoms with Crippen molar-refractivity contribution in [2.24, 2.45) is 0 Å². The van der Waals surface area contributed by atoms with Gasteiger partial charge < -0.3 is 4.74 Å². The van der Waals surface area contributed by atoms with E-state index in [1.807, 2.05) is 12.1 Å². The predicted octanol–water partition coefficient (Wildman–Crippen LogP) is 14.9. The zero-order valence-corrected chi connectivity index (χ0v) is 33.7. The fraction of sp³-hybridized carbons (Fsp3) is 0.0169. The van der Waals surface area contributed by atoms with Crippen LogP contribution in [0.4, 0.5) is 0 Å². The first kappa shape index (κ1) is 35.8. The minimum absolute atomic E-state index is 0.484. The van der Waals surface area contributed by atoms with Crippen molar-refractivity contribution in [2.75, 3.05) is 0 Å². The van der Waals surface area contributed by atoms with Crippen molar-refractivity contribution < 1.29 is 4.74 Å². The molecule has 0 fully saturated rings. The lowest BCUT2D eigenvalue weighted by Crippen LogP contribution is -2.32. The zero-order valence-electron chi connectivity index (χ0n) is 33.7. The van der Waals surface area contributed by atoms with Crippen LogP contribution < -0.4 is 4.74 Å². The number of nitrogens with zero attached hydrogens (tertiary/aromatic N) is 2. The van der Waals surface area contributed by atoms with E-state index in [1.165, 1.54) is 33.4 Å². The molecule has 1 aromatic heterocycles. The van der Waals surface area contributed by atoms with Gasteiger partial charge in [-0.15, -0.1) is 0 Å². The lowest BCUT2D eigenvalue weighted by molar-refractivity contribution is 0.436. The number of hydrogen-bond donors (Lipinski definition) is 0. The van der Waals surface area contributed by atoms with E-state index in [2.05, 4.69) is 218 Å². The molecule has 3 heteroatoms. The van der Waals surface area contributed by atoms with Gasteiger partial charge in [-0.25, -0.2) is 9.97 Å². The van der Waals surface area contributed by atoms with Crippen molar-refractivity contribution in [2.45, 2.75) is 5.41 Å². The number of aromatic nitrogens is 2. The molecule has 0 saturated carbocycles. The van der Waals surface area contributed by atoms with Crippen LogP contribution in [0, 0.1) is 0 Å². The highest BCUT2D eigenvalue weighted by Gasteiger charge is 2.50. The summed E-state index contributed by atoms with van der Waals surface area (Å²) in [5, 5.41) is 0. The van der Waals surface area contributed by atoms with Crippen molar-refractivity contribution in [1.82, 2.24) is 9.97 Å². The highest BCUT2D eigenvalue weighted by molar-refractivity contribution is 5.89. The van der Waals surface area contributed by atoms with Gasteiger partial charge in [-0.3, -0.25) is 0 Å². The van der Waals surface area contributed by atoms with E-state index >= 15 is 0 Å². The van der Waals surface area contributed by atoms with Gasteiger partial charge in [0.15, 0.2) is 5.82 Å². The Hall–Kier alpha value is -8.14. The summed E-state index contributed by atoms with van der Waals surface area (Å²) in [6.45, 7) is 0. The van der Waals surface area contributed by atoms with Crippen LogP contribution in [0.5, 0.6) is 11.5 Å². The molecule has 0 saturated heterocycles. The van der Waals surface area contributed by atoms with Crippen molar-refractivity contribution in [3.8, 4) is 89.9 Å². The molecule has 0 radical (unpaired) electrons. The highest BCUT2D eigenvalue weighted by atomic mass is 16.5. The fourth-order valence-electron chi connectivity index (χ4n) is 9.73. The topological polar surface area (TPSA) is 35.0 Å². The third-order valence-corrected chi connectivity index (χ3v) is 12.6. The van der Waals surface area contributed by atoms with Gasteiger partial charge >= 0.3 is 0 Å². The van der Waals surface area contributed by atoms with Crippen LogP contribution in [0.1, 0.15) is 22.3 Å². The molecule has 0 N–H and O–H groups in total. The van der Waals surface area contributed by atoms with Crippen molar-refractivity contribution in [3.63, 3.8) is 0 Å². The van der Waals surface area contributed by atoms with Crippen LogP contribution in [0.25, 0.3) is 78.4 Å². The maximum absolute atomic E-state index is 6.83. The van der Waals surface area contributed by atoms with E-state index in [4.69, 9.17) is 14.7 Å². The first-order valence-corrected chi connectivity index (χ1v) is 21.1. The first-order valence-electron chi connectivity index (χ1n) is 21.1. The van der Waals surface area contributed by atoms with Crippen molar-refractivity contribution >= 4 is 0 Å². The van der Waals surface area contributed by atoms with Crippen molar-refractivity contribution in [1.29, 1.82) is 0 Å². The first-order chi connectivity index (χ1) is 30.7. The minimum atomic E-state index is -0.484. The molecule has 9 aromatic carbocycles. The highest BCUT2D eigenvalue weighted by Crippen LogP contribution is 2.62. The van der Waals surface area contributed by atoms with E-state index < -0.39 is 5.41 Å². The Morgan fingerprint density at radius 1 is 0.274 bits per heavy atom. The molecule has 10 aromatic rings. The summed E-state index contributed by atoms with van der Waals surface area (Å²) >= 11 is 0. The summed E-state index contributed by atoms with van der Waals surface area (Å²) in [6.07, 6.45) is 0. The average Bonchev–Trinajstić information content (AvgIpc) is 3.65. The second kappa shape index (κ2) is 14.5. The molecule has 0 unspecified atom stereocenters. The summed E-state index contributed by atoms with van der Waals surface area (Å²) in [7, 11) is 0. The maximum Gasteiger partial charge on any atom is 0.160 e. The van der Waals surface area contributed by atoms with E-state index in [9.17, 15) is 0 Å². The molecule has 1 spiro atoms. The molecule has 0 amide bonds. The molecule has 12 rings (SSSR count). The van der Waals surface area contributed by atoms with Gasteiger partial charge in [-0.1, -0.05) is 194 Å². The van der Waals surface area contributed by atoms with Crippen LogP contribution >= 0.6 is 0 Å². The molecule has 290 valence electrons. The third kappa shape index (κ3) is 5.82. The monoisotopic (exact) mass is 790 g/mol. The molecular weight excluding hydrogens is 753 g/mol. The van der Waals surface area contributed by atoms with Crippen LogP contribution in [0.2, 0.25) is 0 Å². The zero-order chi connectivity index (χ0) is 41.0. The molecule has 2 aliphatic rings. The lowest BCUT2D eigenvalue weighted by Gasteiger charge is -2.39. The standard InChI is InChI=1S/C59H38N2O/c1-3-16-39(17-4-1)41-20-14-24-46(35-41)55-38-54(40-18-5-2-6-19-40)60-58(61-55)47-25-15-23-44(36-47)42-21-13-22-43(34-42)45-32-33-53-57(37-45)62-56-31-12-11-30-52(56)59(53)50-28-9-7-26-48(50)49-27-8-10-29-51(49)59/h1-38H. The molecule has 3 nitrogen and oxygen atoms in total. The van der Waals surface area contributed by atoms with Crippen LogP contribution in [0.15, 0.2) is 231 Å². The van der Waals surface area contributed by atoms with Crippen LogP contribution in [0.3, 0.4) is 0 Å². The molecule has 1 aliphatic heterocycles. The van der Waals surface area contributed by atoms with E-state index in [0.29, 0.717) is 5.82 Å². The number of ether oxygens (including phenoxy) is 1. The average molecular weight is 791 g/mol. The number of hydrogen-bond acceptors (Lipinski definition) is 3. The third-order valence-electron chi connectivity index (χ3n) is 12.6. The van der Waals surface area contributed by atoms with Gasteiger partial charge in [0, 0.05) is 27.8 Å². The molecule has 2 heterocycles. The summed E-state index contributed by atoms with van der Waals surface area (Å²) in [4.78, 5) is 10.4. The van der Waals surface area contributed by atoms with Gasteiger partial charge in [0.1, 0.15) is 11.5 Å². The smallest absolute Gasteiger partial charge is 0.160 e. The van der Waals surface area contributed by atoms with Gasteiger partial charge in [-0.2, -0.15) is 0 Å². The number of fused-ring (bicyclic) bond motifs is 9. The summed E-state index contributed by atoms with van der Waals surface area (Å²) < 4.78 is 6.83. The molecular formula is C59H38N2O. The maximum atomic E-state index is 6.83. The van der Waals surface area contributed by atoms with E-state index in [0.717, 1.165) is 73.0 Å². The quantitative estimate of drug-likeness (QED) is 0.168. The van der Waals surface area contributed by atoms with E-state index in [1.54, 1.807) is 0 Å². The van der Waals surface area contributed by atoms with Gasteiger partial charge in [0.2, 0.25) is 0 Å². The fourth-order valence-corrected chi connectivity index (χ4v) is 9.73. The molecule has 62 heavy (non-hydrogen) atoms. The summed E-state index contributed by atoms with van der Waals surface area (Å²) in [5.74, 6) is 2.45. The van der Waals surface area contributed by atoms with Gasteiger partial charge in [0.05, 0.1) is 16.8 Å². The van der Waals surface area contributed by atoms with Crippen LogP contribution in [-0.4, -0.2) is 9.97 Å². The van der Waals surface area contributed by atoms with Gasteiger partial charge in [0.25, 0.3) is 0 Å². The predicted molar refractivity (Wildman–Crippen MR) is 252 cm³/mol. The Labute approximate surface area is 361 Å². The number of para-hydroxylation sites is 1. The minimum Gasteiger partial charge on any atom is -0.457 e. The van der Waals surface area contributed by atoms with Crippen LogP contribution in [-0.2, 0) is 5.41 Å². The Morgan fingerprint density at radius 2 is 0.710 bits per heavy atom. The Balaban J connectivity index is 0.935. The van der Waals surface area contributed by atoms with E-state index in [-0.39, 0.29) is 0 Å². The number of rotatable bonds is 6.